The lowest BCUT2D eigenvalue weighted by atomic mass is 9.96. The van der Waals surface area contributed by atoms with Gasteiger partial charge in [0, 0.05) is 13.0 Å². The second-order valence-corrected chi connectivity index (χ2v) is 5.47. The fraction of sp³-hybridized carbons (Fsp3) is 0.562. The van der Waals surface area contributed by atoms with Crippen LogP contribution in [0.2, 0.25) is 0 Å². The number of carbonyl (C=O) groups is 1. The van der Waals surface area contributed by atoms with Crippen molar-refractivity contribution in [1.29, 1.82) is 0 Å². The van der Waals surface area contributed by atoms with Gasteiger partial charge in [0.15, 0.2) is 0 Å². The van der Waals surface area contributed by atoms with Crippen LogP contribution in [0.5, 0.6) is 0 Å². The Hall–Kier alpha value is -1.56. The van der Waals surface area contributed by atoms with Gasteiger partial charge in [-0.1, -0.05) is 32.4 Å². The summed E-state index contributed by atoms with van der Waals surface area (Å²) in [6.45, 7) is 3.93. The molecule has 0 spiro atoms. The number of amides is 1. The molecule has 0 aliphatic heterocycles. The zero-order chi connectivity index (χ0) is 16.8. The highest BCUT2D eigenvalue weighted by molar-refractivity contribution is 5.76. The van der Waals surface area contributed by atoms with Crippen LogP contribution in [0, 0.1) is 0 Å². The van der Waals surface area contributed by atoms with Crippen LogP contribution in [-0.2, 0) is 11.0 Å². The Labute approximate surface area is 128 Å². The molecule has 1 aromatic carbocycles. The molecule has 1 amide bonds. The van der Waals surface area contributed by atoms with E-state index in [1.165, 1.54) is 12.1 Å². The van der Waals surface area contributed by atoms with Crippen LogP contribution in [0.3, 0.4) is 0 Å². The molecule has 0 fully saturated rings. The molecule has 1 aromatic rings. The van der Waals surface area contributed by atoms with Gasteiger partial charge in [-0.25, -0.2) is 0 Å². The number of rotatable bonds is 7. The minimum absolute atomic E-state index is 0.171. The summed E-state index contributed by atoms with van der Waals surface area (Å²) in [5.41, 5.74) is -0.0205. The highest BCUT2D eigenvalue weighted by atomic mass is 19.4. The van der Waals surface area contributed by atoms with Crippen molar-refractivity contribution in [2.75, 3.05) is 6.54 Å². The Balaban J connectivity index is 2.51. The van der Waals surface area contributed by atoms with E-state index in [0.29, 0.717) is 12.0 Å². The average Bonchev–Trinajstić information content (AvgIpc) is 2.44. The summed E-state index contributed by atoms with van der Waals surface area (Å²) in [5, 5.41) is 12.2. The molecule has 0 saturated heterocycles. The Morgan fingerprint density at radius 2 is 1.86 bits per heavy atom. The van der Waals surface area contributed by atoms with Gasteiger partial charge in [-0.3, -0.25) is 4.79 Å². The molecule has 0 aromatic heterocycles. The number of benzene rings is 1. The molecule has 0 aliphatic rings. The number of nitrogens with one attached hydrogen (secondary N) is 1. The summed E-state index contributed by atoms with van der Waals surface area (Å²) in [6, 6.07) is 4.84. The number of aliphatic hydroxyl groups excluding tert-OH is 1. The van der Waals surface area contributed by atoms with E-state index < -0.39 is 17.8 Å². The summed E-state index contributed by atoms with van der Waals surface area (Å²) < 4.78 is 37.4. The lowest BCUT2D eigenvalue weighted by Crippen LogP contribution is -2.32. The van der Waals surface area contributed by atoms with E-state index in [2.05, 4.69) is 5.32 Å². The first-order valence-corrected chi connectivity index (χ1v) is 7.36. The van der Waals surface area contributed by atoms with E-state index in [4.69, 9.17) is 0 Å². The van der Waals surface area contributed by atoms with Gasteiger partial charge in [-0.2, -0.15) is 13.2 Å². The largest absolute Gasteiger partial charge is 0.416 e. The van der Waals surface area contributed by atoms with Crippen molar-refractivity contribution in [2.24, 2.45) is 0 Å². The van der Waals surface area contributed by atoms with Gasteiger partial charge in [0.05, 0.1) is 11.7 Å². The Morgan fingerprint density at radius 1 is 1.27 bits per heavy atom. The van der Waals surface area contributed by atoms with Crippen molar-refractivity contribution in [3.05, 3.63) is 35.4 Å². The third kappa shape index (κ3) is 6.05. The third-order valence-corrected chi connectivity index (χ3v) is 3.46. The molecule has 1 rings (SSSR count). The first-order valence-electron chi connectivity index (χ1n) is 7.36. The molecule has 0 aliphatic carbocycles. The lowest BCUT2D eigenvalue weighted by molar-refractivity contribution is -0.137. The lowest BCUT2D eigenvalue weighted by Gasteiger charge is -2.15. The van der Waals surface area contributed by atoms with E-state index in [1.807, 2.05) is 6.92 Å². The normalized spacial score (nSPS) is 14.5. The highest BCUT2D eigenvalue weighted by Gasteiger charge is 2.30. The topological polar surface area (TPSA) is 49.3 Å². The zero-order valence-electron chi connectivity index (χ0n) is 12.8. The number of halogens is 3. The summed E-state index contributed by atoms with van der Waals surface area (Å²) in [6.07, 6.45) is -3.29. The van der Waals surface area contributed by atoms with E-state index in [1.54, 1.807) is 6.92 Å². The van der Waals surface area contributed by atoms with E-state index in [0.717, 1.165) is 18.6 Å². The molecule has 3 nitrogen and oxygen atoms in total. The zero-order valence-corrected chi connectivity index (χ0v) is 12.8. The monoisotopic (exact) mass is 317 g/mol. The van der Waals surface area contributed by atoms with E-state index in [-0.39, 0.29) is 24.8 Å². The summed E-state index contributed by atoms with van der Waals surface area (Å²) >= 11 is 0. The van der Waals surface area contributed by atoms with Crippen molar-refractivity contribution >= 4 is 5.91 Å². The maximum absolute atomic E-state index is 12.5. The summed E-state index contributed by atoms with van der Waals surface area (Å²) in [5.74, 6) is -0.409. The first-order chi connectivity index (χ1) is 10.2. The number of aliphatic hydroxyl groups is 1. The molecule has 22 heavy (non-hydrogen) atoms. The van der Waals surface area contributed by atoms with Crippen molar-refractivity contribution < 1.29 is 23.1 Å². The highest BCUT2D eigenvalue weighted by Crippen LogP contribution is 2.30. The number of alkyl halides is 3. The predicted molar refractivity (Wildman–Crippen MR) is 78.4 cm³/mol. The maximum Gasteiger partial charge on any atom is 0.416 e. The smallest absolute Gasteiger partial charge is 0.391 e. The van der Waals surface area contributed by atoms with Crippen LogP contribution in [-0.4, -0.2) is 23.7 Å². The molecule has 0 heterocycles. The number of hydrogen-bond acceptors (Lipinski definition) is 2. The number of hydrogen-bond donors (Lipinski definition) is 2. The first kappa shape index (κ1) is 18.5. The molecule has 0 saturated carbocycles. The fourth-order valence-electron chi connectivity index (χ4n) is 2.14. The molecule has 0 bridgehead atoms. The van der Waals surface area contributed by atoms with Crippen molar-refractivity contribution in [1.82, 2.24) is 5.32 Å². The van der Waals surface area contributed by atoms with Crippen LogP contribution in [0.15, 0.2) is 24.3 Å². The minimum Gasteiger partial charge on any atom is -0.391 e. The molecule has 124 valence electrons. The van der Waals surface area contributed by atoms with Gasteiger partial charge in [0.2, 0.25) is 5.91 Å². The van der Waals surface area contributed by atoms with Crippen LogP contribution >= 0.6 is 0 Å². The van der Waals surface area contributed by atoms with E-state index in [9.17, 15) is 23.1 Å². The van der Waals surface area contributed by atoms with Gasteiger partial charge in [0.1, 0.15) is 0 Å². The van der Waals surface area contributed by atoms with Crippen molar-refractivity contribution in [2.45, 2.75) is 51.3 Å². The van der Waals surface area contributed by atoms with Gasteiger partial charge < -0.3 is 10.4 Å². The van der Waals surface area contributed by atoms with Crippen molar-refractivity contribution in [3.63, 3.8) is 0 Å². The van der Waals surface area contributed by atoms with Crippen LogP contribution in [0.4, 0.5) is 13.2 Å². The molecular formula is C16H22F3NO2. The molecule has 6 heteroatoms. The Bertz CT molecular complexity index is 471. The third-order valence-electron chi connectivity index (χ3n) is 3.46. The van der Waals surface area contributed by atoms with Gasteiger partial charge in [-0.05, 0) is 30.0 Å². The Morgan fingerprint density at radius 3 is 2.36 bits per heavy atom. The van der Waals surface area contributed by atoms with Crippen LogP contribution in [0.25, 0.3) is 0 Å². The number of carbonyl (C=O) groups excluding carboxylic acids is 1. The molecule has 2 N–H and O–H groups in total. The molecule has 2 atom stereocenters. The van der Waals surface area contributed by atoms with Crippen LogP contribution < -0.4 is 5.32 Å². The molecule has 0 radical (unpaired) electrons. The summed E-state index contributed by atoms with van der Waals surface area (Å²) in [7, 11) is 0. The van der Waals surface area contributed by atoms with Gasteiger partial charge in [-0.15, -0.1) is 0 Å². The minimum atomic E-state index is -4.35. The average molecular weight is 317 g/mol. The van der Waals surface area contributed by atoms with Crippen LogP contribution in [0.1, 0.15) is 50.2 Å². The fourth-order valence-corrected chi connectivity index (χ4v) is 2.14. The maximum atomic E-state index is 12.5. The summed E-state index contributed by atoms with van der Waals surface area (Å²) in [4.78, 5) is 11.8. The second kappa shape index (κ2) is 8.17. The second-order valence-electron chi connectivity index (χ2n) is 5.47. The molecule has 2 unspecified atom stereocenters. The molecular weight excluding hydrogens is 295 g/mol. The van der Waals surface area contributed by atoms with Gasteiger partial charge >= 0.3 is 6.18 Å². The predicted octanol–water partition coefficient (Wildman–Crippen LogP) is 3.48. The Kier molecular flexibility index (Phi) is 6.87. The quantitative estimate of drug-likeness (QED) is 0.809. The standard InChI is InChI=1S/C16H22F3NO2/c1-3-4-14(21)10-20-15(22)9-11(2)12-5-7-13(8-6-12)16(17,18)19/h5-8,11,14,21H,3-4,9-10H2,1-2H3,(H,20,22). The van der Waals surface area contributed by atoms with Crippen molar-refractivity contribution in [3.8, 4) is 0 Å². The SMILES string of the molecule is CCCC(O)CNC(=O)CC(C)c1ccc(C(F)(F)F)cc1. The van der Waals surface area contributed by atoms with Gasteiger partial charge in [0.25, 0.3) is 0 Å². The van der Waals surface area contributed by atoms with E-state index >= 15 is 0 Å².